The van der Waals surface area contributed by atoms with Gasteiger partial charge in [0.15, 0.2) is 11.5 Å². The second kappa shape index (κ2) is 6.74. The van der Waals surface area contributed by atoms with E-state index in [1.165, 1.54) is 0 Å². The molecule has 0 radical (unpaired) electrons. The molecule has 1 spiro atoms. The Morgan fingerprint density at radius 2 is 1.68 bits per heavy atom. The van der Waals surface area contributed by atoms with E-state index in [1.54, 1.807) is 6.07 Å². The summed E-state index contributed by atoms with van der Waals surface area (Å²) in [5.74, 6) is -0.422. The molecule has 3 saturated heterocycles. The van der Waals surface area contributed by atoms with E-state index in [9.17, 15) is 9.90 Å². The lowest BCUT2D eigenvalue weighted by molar-refractivity contribution is -0.169. The van der Waals surface area contributed by atoms with Gasteiger partial charge in [-0.25, -0.2) is 9.78 Å². The Bertz CT molecular complexity index is 633. The molecule has 25 heavy (non-hydrogen) atoms. The highest BCUT2D eigenvalue weighted by molar-refractivity contribution is 5.86. The van der Waals surface area contributed by atoms with Crippen molar-refractivity contribution in [1.29, 1.82) is 0 Å². The molecule has 136 valence electrons. The SMILES string of the molecule is O=C(O)c1cc(N2CCC3(CC2)OCCO3)nc(N2CCOCC2)n1. The average Bonchev–Trinajstić information content (AvgIpc) is 3.10. The highest BCUT2D eigenvalue weighted by atomic mass is 16.7. The summed E-state index contributed by atoms with van der Waals surface area (Å²) >= 11 is 0. The molecule has 4 rings (SSSR count). The highest BCUT2D eigenvalue weighted by Gasteiger charge is 2.40. The number of rotatable bonds is 3. The number of aromatic carboxylic acids is 1. The van der Waals surface area contributed by atoms with Crippen LogP contribution in [0.5, 0.6) is 0 Å². The lowest BCUT2D eigenvalue weighted by Gasteiger charge is -2.38. The van der Waals surface area contributed by atoms with Crippen LogP contribution in [0.25, 0.3) is 0 Å². The van der Waals surface area contributed by atoms with Crippen LogP contribution in [-0.4, -0.2) is 79.4 Å². The van der Waals surface area contributed by atoms with E-state index in [2.05, 4.69) is 14.9 Å². The van der Waals surface area contributed by atoms with Crippen LogP contribution >= 0.6 is 0 Å². The summed E-state index contributed by atoms with van der Waals surface area (Å²) in [6.45, 7) is 5.20. The molecule has 4 heterocycles. The van der Waals surface area contributed by atoms with Gasteiger partial charge in [0.2, 0.25) is 5.95 Å². The summed E-state index contributed by atoms with van der Waals surface area (Å²) in [6.07, 6.45) is 1.48. The molecule has 0 aliphatic carbocycles. The van der Waals surface area contributed by atoms with Gasteiger partial charge >= 0.3 is 5.97 Å². The smallest absolute Gasteiger partial charge is 0.354 e. The van der Waals surface area contributed by atoms with Gasteiger partial charge in [0.05, 0.1) is 26.4 Å². The maximum atomic E-state index is 11.5. The third-order valence-electron chi connectivity index (χ3n) is 4.88. The molecule has 0 atom stereocenters. The summed E-state index contributed by atoms with van der Waals surface area (Å²) < 4.78 is 16.8. The van der Waals surface area contributed by atoms with Gasteiger partial charge in [-0.1, -0.05) is 0 Å². The predicted octanol–water partition coefficient (Wildman–Crippen LogP) is 0.355. The molecule has 9 nitrogen and oxygen atoms in total. The van der Waals surface area contributed by atoms with Crippen molar-refractivity contribution in [3.63, 3.8) is 0 Å². The Morgan fingerprint density at radius 1 is 1.00 bits per heavy atom. The normalized spacial score (nSPS) is 23.2. The molecule has 0 amide bonds. The largest absolute Gasteiger partial charge is 0.477 e. The van der Waals surface area contributed by atoms with Gasteiger partial charge in [0, 0.05) is 45.1 Å². The Kier molecular flexibility index (Phi) is 4.45. The summed E-state index contributed by atoms with van der Waals surface area (Å²) in [7, 11) is 0. The van der Waals surface area contributed by atoms with E-state index in [4.69, 9.17) is 14.2 Å². The Hall–Kier alpha value is -1.97. The lowest BCUT2D eigenvalue weighted by Crippen LogP contribution is -2.45. The first-order valence-electron chi connectivity index (χ1n) is 8.63. The molecule has 3 aliphatic heterocycles. The van der Waals surface area contributed by atoms with Gasteiger partial charge in [0.25, 0.3) is 0 Å². The molecule has 9 heteroatoms. The van der Waals surface area contributed by atoms with Crippen molar-refractivity contribution < 1.29 is 24.1 Å². The summed E-state index contributed by atoms with van der Waals surface area (Å²) in [4.78, 5) is 24.4. The molecule has 1 N–H and O–H groups in total. The van der Waals surface area contributed by atoms with E-state index in [1.807, 2.05) is 4.90 Å². The summed E-state index contributed by atoms with van der Waals surface area (Å²) in [5, 5.41) is 9.41. The summed E-state index contributed by atoms with van der Waals surface area (Å²) in [5.41, 5.74) is 0.0140. The molecule has 0 unspecified atom stereocenters. The fourth-order valence-electron chi connectivity index (χ4n) is 3.46. The number of hydrogen-bond donors (Lipinski definition) is 1. The van der Waals surface area contributed by atoms with Gasteiger partial charge in [-0.2, -0.15) is 4.98 Å². The van der Waals surface area contributed by atoms with E-state index in [-0.39, 0.29) is 5.69 Å². The second-order valence-electron chi connectivity index (χ2n) is 6.41. The van der Waals surface area contributed by atoms with Gasteiger partial charge in [-0.3, -0.25) is 0 Å². The van der Waals surface area contributed by atoms with Crippen molar-refractivity contribution >= 4 is 17.7 Å². The Morgan fingerprint density at radius 3 is 2.32 bits per heavy atom. The maximum Gasteiger partial charge on any atom is 0.354 e. The van der Waals surface area contributed by atoms with Crippen molar-refractivity contribution in [3.8, 4) is 0 Å². The number of carbonyl (C=O) groups is 1. The van der Waals surface area contributed by atoms with Gasteiger partial charge < -0.3 is 29.1 Å². The molecule has 1 aromatic heterocycles. The lowest BCUT2D eigenvalue weighted by atomic mass is 10.0. The van der Waals surface area contributed by atoms with E-state index >= 15 is 0 Å². The average molecular weight is 350 g/mol. The molecule has 0 saturated carbocycles. The zero-order valence-electron chi connectivity index (χ0n) is 14.0. The van der Waals surface area contributed by atoms with Crippen LogP contribution in [0.3, 0.4) is 0 Å². The maximum absolute atomic E-state index is 11.5. The first kappa shape index (κ1) is 16.5. The van der Waals surface area contributed by atoms with Crippen molar-refractivity contribution in [2.45, 2.75) is 18.6 Å². The number of anilines is 2. The fraction of sp³-hybridized carbons (Fsp3) is 0.688. The Labute approximate surface area is 145 Å². The predicted molar refractivity (Wildman–Crippen MR) is 88.1 cm³/mol. The van der Waals surface area contributed by atoms with E-state index in [0.717, 1.165) is 12.8 Å². The third-order valence-corrected chi connectivity index (χ3v) is 4.88. The van der Waals surface area contributed by atoms with Gasteiger partial charge in [-0.15, -0.1) is 0 Å². The molecule has 3 aliphatic rings. The molecule has 0 bridgehead atoms. The van der Waals surface area contributed by atoms with Crippen molar-refractivity contribution in [2.24, 2.45) is 0 Å². The first-order chi connectivity index (χ1) is 12.2. The van der Waals surface area contributed by atoms with Crippen molar-refractivity contribution in [1.82, 2.24) is 9.97 Å². The zero-order valence-corrected chi connectivity index (χ0v) is 14.0. The number of nitrogens with zero attached hydrogens (tertiary/aromatic N) is 4. The van der Waals surface area contributed by atoms with Crippen LogP contribution in [0.2, 0.25) is 0 Å². The number of morpholine rings is 1. The second-order valence-corrected chi connectivity index (χ2v) is 6.41. The standard InChI is InChI=1S/C16H22N4O5/c21-14(22)12-11-13(18-15(17-12)20-5-7-23-8-6-20)19-3-1-16(2-4-19)24-9-10-25-16/h11H,1-10H2,(H,21,22). The fourth-order valence-corrected chi connectivity index (χ4v) is 3.46. The number of hydrogen-bond acceptors (Lipinski definition) is 8. The van der Waals surface area contributed by atoms with Crippen LogP contribution in [-0.2, 0) is 14.2 Å². The van der Waals surface area contributed by atoms with Crippen LogP contribution in [0.15, 0.2) is 6.07 Å². The molecule has 3 fully saturated rings. The number of carboxylic acids is 1. The molecular weight excluding hydrogens is 328 g/mol. The van der Waals surface area contributed by atoms with Crippen molar-refractivity contribution in [2.75, 3.05) is 62.4 Å². The van der Waals surface area contributed by atoms with E-state index < -0.39 is 11.8 Å². The van der Waals surface area contributed by atoms with Crippen LogP contribution in [0, 0.1) is 0 Å². The minimum Gasteiger partial charge on any atom is -0.477 e. The Balaban J connectivity index is 1.56. The number of aromatic nitrogens is 2. The van der Waals surface area contributed by atoms with Crippen LogP contribution < -0.4 is 9.80 Å². The summed E-state index contributed by atoms with van der Waals surface area (Å²) in [6, 6.07) is 1.54. The number of carboxylic acid groups (broad SMARTS) is 1. The van der Waals surface area contributed by atoms with Crippen LogP contribution in [0.1, 0.15) is 23.3 Å². The highest BCUT2D eigenvalue weighted by Crippen LogP contribution is 2.33. The molecule has 0 aromatic carbocycles. The monoisotopic (exact) mass is 350 g/mol. The first-order valence-corrected chi connectivity index (χ1v) is 8.63. The van der Waals surface area contributed by atoms with Gasteiger partial charge in [-0.05, 0) is 0 Å². The third kappa shape index (κ3) is 3.39. The van der Waals surface area contributed by atoms with E-state index in [0.29, 0.717) is 64.4 Å². The number of piperidine rings is 1. The number of ether oxygens (including phenoxy) is 3. The van der Waals surface area contributed by atoms with Crippen molar-refractivity contribution in [3.05, 3.63) is 11.8 Å². The van der Waals surface area contributed by atoms with Crippen LogP contribution in [0.4, 0.5) is 11.8 Å². The molecule has 1 aromatic rings. The topological polar surface area (TPSA) is 97.2 Å². The zero-order chi connectivity index (χ0) is 17.3. The molecular formula is C16H22N4O5. The minimum absolute atomic E-state index is 0.0140. The van der Waals surface area contributed by atoms with Gasteiger partial charge in [0.1, 0.15) is 5.82 Å². The quantitative estimate of drug-likeness (QED) is 0.828. The minimum atomic E-state index is -1.05.